The van der Waals surface area contributed by atoms with Gasteiger partial charge in [-0.3, -0.25) is 9.59 Å². The molecule has 0 saturated heterocycles. The van der Waals surface area contributed by atoms with Crippen LogP contribution in [0.25, 0.3) is 50.4 Å². The Morgan fingerprint density at radius 1 is 0.408 bits per heavy atom. The fourth-order valence-corrected chi connectivity index (χ4v) is 16.2. The minimum Gasteiger partial charge on any atom is -0.304 e. The summed E-state index contributed by atoms with van der Waals surface area (Å²) >= 11 is 10.3. The molecule has 0 radical (unpaired) electrons. The van der Waals surface area contributed by atoms with Crippen molar-refractivity contribution in [2.24, 2.45) is 11.8 Å². The summed E-state index contributed by atoms with van der Waals surface area (Å²) in [5, 5.41) is 5.76. The van der Waals surface area contributed by atoms with Crippen LogP contribution in [0, 0.1) is 11.8 Å². The van der Waals surface area contributed by atoms with Gasteiger partial charge in [-0.1, -0.05) is 162 Å². The molecular formula is C59H76N4O2S6. The van der Waals surface area contributed by atoms with E-state index in [0.29, 0.717) is 36.1 Å². The van der Waals surface area contributed by atoms with Crippen molar-refractivity contribution in [2.75, 3.05) is 13.1 Å². The minimum atomic E-state index is -0.0537. The predicted octanol–water partition coefficient (Wildman–Crippen LogP) is 19.6. The highest BCUT2D eigenvalue weighted by molar-refractivity contribution is 7.28. The second kappa shape index (κ2) is 27.7. The molecule has 2 atom stereocenters. The maximum atomic E-state index is 15.8. The lowest BCUT2D eigenvalue weighted by Crippen LogP contribution is -2.35. The molecule has 8 heterocycles. The number of amides is 2. The van der Waals surface area contributed by atoms with Crippen LogP contribution in [0.3, 0.4) is 0 Å². The van der Waals surface area contributed by atoms with Crippen LogP contribution in [0.4, 0.5) is 0 Å². The topological polar surface area (TPSA) is 66.4 Å². The minimum absolute atomic E-state index is 0.0527. The number of thiophene rings is 4. The van der Waals surface area contributed by atoms with Gasteiger partial charge < -0.3 is 9.80 Å². The number of unbranched alkanes of at least 4 members (excludes halogenated alkanes) is 15. The van der Waals surface area contributed by atoms with E-state index in [1.807, 2.05) is 33.5 Å². The molecule has 6 aromatic rings. The second-order valence-electron chi connectivity index (χ2n) is 19.8. The van der Waals surface area contributed by atoms with E-state index in [2.05, 4.69) is 87.0 Å². The van der Waals surface area contributed by atoms with Crippen molar-refractivity contribution in [3.05, 3.63) is 92.8 Å². The largest absolute Gasteiger partial charge is 0.304 e. The fraction of sp³-hybridized carbons (Fsp3) is 0.525. The van der Waals surface area contributed by atoms with Crippen LogP contribution in [0.15, 0.2) is 82.8 Å². The normalized spacial score (nSPS) is 14.8. The molecule has 12 heteroatoms. The molecule has 0 spiro atoms. The number of aromatic nitrogens is 2. The first-order valence-corrected chi connectivity index (χ1v) is 32.3. The van der Waals surface area contributed by atoms with Crippen molar-refractivity contribution in [1.29, 1.82) is 0 Å². The van der Waals surface area contributed by atoms with Crippen molar-refractivity contribution in [1.82, 2.24) is 19.8 Å². The summed E-state index contributed by atoms with van der Waals surface area (Å²) in [7, 11) is 0. The van der Waals surface area contributed by atoms with E-state index >= 15 is 9.59 Å². The maximum absolute atomic E-state index is 15.8. The first-order chi connectivity index (χ1) is 34.9. The van der Waals surface area contributed by atoms with Gasteiger partial charge >= 0.3 is 0 Å². The molecule has 0 bridgehead atoms. The highest BCUT2D eigenvalue weighted by Gasteiger charge is 2.51. The van der Waals surface area contributed by atoms with E-state index in [9.17, 15) is 0 Å². The molecule has 2 aliphatic rings. The third kappa shape index (κ3) is 13.8. The number of hydrogen-bond acceptors (Lipinski definition) is 10. The van der Waals surface area contributed by atoms with E-state index in [1.165, 1.54) is 129 Å². The molecule has 0 fully saturated rings. The third-order valence-corrected chi connectivity index (χ3v) is 21.0. The average Bonchev–Trinajstić information content (AvgIpc) is 4.23. The van der Waals surface area contributed by atoms with Gasteiger partial charge in [0.1, 0.15) is 10.0 Å². The molecule has 2 aliphatic heterocycles. The highest BCUT2D eigenvalue weighted by atomic mass is 32.1. The molecule has 0 N–H and O–H groups in total. The van der Waals surface area contributed by atoms with E-state index < -0.39 is 0 Å². The standard InChI is InChI=1S/C59H76N4O2S6/c1-5-9-13-16-18-22-28-42(26-20-12-8-4)40-62-54(56-60-38-50(70-56)45-31-25-37-67-45)52-53(59(62)65)55(63(58(52)64)41-43(27-21-15-11-7-3)29-23-19-17-14-10-6-2)57-61-39-51(71-57)49-35-34-48(69-49)47-33-32-46(68-47)44-30-24-36-66-44/h24-25,30-39,42-43H,5-23,26-29,40-41H2,1-4H3. The van der Waals surface area contributed by atoms with Crippen molar-refractivity contribution in [3.63, 3.8) is 0 Å². The van der Waals surface area contributed by atoms with Gasteiger partial charge in [0, 0.05) is 54.7 Å². The van der Waals surface area contributed by atoms with Crippen molar-refractivity contribution in [3.8, 4) is 39.0 Å². The van der Waals surface area contributed by atoms with E-state index in [-0.39, 0.29) is 11.8 Å². The molecule has 71 heavy (non-hydrogen) atoms. The summed E-state index contributed by atoms with van der Waals surface area (Å²) in [5.41, 5.74) is 2.53. The third-order valence-electron chi connectivity index (χ3n) is 14.3. The number of carbonyl (C=O) groups is 2. The number of rotatable bonds is 33. The van der Waals surface area contributed by atoms with Gasteiger partial charge in [0.05, 0.1) is 32.3 Å². The van der Waals surface area contributed by atoms with Crippen molar-refractivity contribution in [2.45, 2.75) is 175 Å². The molecule has 0 aliphatic carbocycles. The molecule has 2 amide bonds. The Bertz CT molecular complexity index is 2630. The Kier molecular flexibility index (Phi) is 21.0. The summed E-state index contributed by atoms with van der Waals surface area (Å²) in [6, 6.07) is 17.4. The quantitative estimate of drug-likeness (QED) is 0.0385. The Morgan fingerprint density at radius 2 is 0.746 bits per heavy atom. The summed E-state index contributed by atoms with van der Waals surface area (Å²) in [5.74, 6) is 0.568. The van der Waals surface area contributed by atoms with E-state index in [1.54, 1.807) is 56.7 Å². The van der Waals surface area contributed by atoms with E-state index in [0.717, 1.165) is 79.4 Å². The Labute approximate surface area is 449 Å². The average molecular weight is 1070 g/mol. The SMILES string of the molecule is CCCCCCCCC(CCCCC)CN1C(=O)C2=C(c3ncc(-c4ccc(-c5ccc(-c6cccs6)s5)s4)s3)N(CC(CCCCCC)CCCCCCCC)C(=O)C2=C1c1ncc(-c2cccs2)s1. The molecule has 6 aromatic heterocycles. The smallest absolute Gasteiger partial charge is 0.261 e. The molecule has 8 rings (SSSR count). The van der Waals surface area contributed by atoms with E-state index in [4.69, 9.17) is 9.97 Å². The van der Waals surface area contributed by atoms with Gasteiger partial charge in [0.2, 0.25) is 0 Å². The highest BCUT2D eigenvalue weighted by Crippen LogP contribution is 2.51. The Balaban J connectivity index is 1.18. The number of nitrogens with zero attached hydrogens (tertiary/aromatic N) is 4. The molecule has 0 aromatic carbocycles. The first kappa shape index (κ1) is 53.8. The lowest BCUT2D eigenvalue weighted by atomic mass is 9.93. The van der Waals surface area contributed by atoms with Crippen LogP contribution in [0.5, 0.6) is 0 Å². The molecule has 2 unspecified atom stereocenters. The summed E-state index contributed by atoms with van der Waals surface area (Å²) in [6.45, 7) is 10.3. The van der Waals surface area contributed by atoms with Gasteiger partial charge in [-0.2, -0.15) is 0 Å². The van der Waals surface area contributed by atoms with Crippen LogP contribution in [0.2, 0.25) is 0 Å². The lowest BCUT2D eigenvalue weighted by Gasteiger charge is -2.29. The second-order valence-corrected chi connectivity index (χ2v) is 25.9. The van der Waals surface area contributed by atoms with Gasteiger partial charge in [-0.15, -0.1) is 68.0 Å². The van der Waals surface area contributed by atoms with Gasteiger partial charge in [0.25, 0.3) is 11.8 Å². The predicted molar refractivity (Wildman–Crippen MR) is 311 cm³/mol. The number of hydrogen-bond donors (Lipinski definition) is 0. The Hall–Kier alpha value is -3.52. The Morgan fingerprint density at radius 3 is 1.17 bits per heavy atom. The number of fused-ring (bicyclic) bond motifs is 1. The van der Waals surface area contributed by atoms with Gasteiger partial charge in [-0.25, -0.2) is 9.97 Å². The molecule has 380 valence electrons. The van der Waals surface area contributed by atoms with Crippen molar-refractivity contribution >= 4 is 91.2 Å². The summed E-state index contributed by atoms with van der Waals surface area (Å²) in [4.78, 5) is 55.3. The van der Waals surface area contributed by atoms with Crippen LogP contribution < -0.4 is 0 Å². The zero-order valence-electron chi connectivity index (χ0n) is 42.8. The summed E-state index contributed by atoms with van der Waals surface area (Å²) < 4.78 is 0. The van der Waals surface area contributed by atoms with Crippen LogP contribution >= 0.6 is 68.0 Å². The van der Waals surface area contributed by atoms with Crippen molar-refractivity contribution < 1.29 is 9.59 Å². The fourth-order valence-electron chi connectivity index (χ4n) is 10.4. The van der Waals surface area contributed by atoms with Gasteiger partial charge in [-0.05, 0) is 84.7 Å². The van der Waals surface area contributed by atoms with Crippen LogP contribution in [0.1, 0.15) is 185 Å². The molecule has 6 nitrogen and oxygen atoms in total. The first-order valence-electron chi connectivity index (χ1n) is 27.2. The van der Waals surface area contributed by atoms with Crippen LogP contribution in [-0.2, 0) is 9.59 Å². The van der Waals surface area contributed by atoms with Crippen LogP contribution in [-0.4, -0.2) is 44.7 Å². The number of carbonyl (C=O) groups excluding carboxylic acids is 2. The maximum Gasteiger partial charge on any atom is 0.261 e. The lowest BCUT2D eigenvalue weighted by molar-refractivity contribution is -0.124. The summed E-state index contributed by atoms with van der Waals surface area (Å²) in [6.07, 6.45) is 31.6. The molecule has 0 saturated carbocycles. The van der Waals surface area contributed by atoms with Gasteiger partial charge in [0.15, 0.2) is 0 Å². The zero-order chi connectivity index (χ0) is 49.4. The monoisotopic (exact) mass is 1060 g/mol. The number of thiazole rings is 2. The zero-order valence-corrected chi connectivity index (χ0v) is 47.7. The molecular weight excluding hydrogens is 989 g/mol.